The molecule has 0 fully saturated rings. The van der Waals surface area contributed by atoms with Gasteiger partial charge < -0.3 is 28.1 Å². The van der Waals surface area contributed by atoms with Gasteiger partial charge in [0.25, 0.3) is 0 Å². The van der Waals surface area contributed by atoms with E-state index in [-0.39, 0.29) is 46.0 Å². The van der Waals surface area contributed by atoms with Gasteiger partial charge in [0.15, 0.2) is 18.1 Å². The zero-order valence-corrected chi connectivity index (χ0v) is 20.9. The van der Waals surface area contributed by atoms with Crippen LogP contribution in [0.2, 0.25) is 0 Å². The van der Waals surface area contributed by atoms with Crippen LogP contribution in [-0.4, -0.2) is 31.1 Å². The Hall–Kier alpha value is -3.78. The maximum absolute atomic E-state index is 13.6. The number of esters is 1. The summed E-state index contributed by atoms with van der Waals surface area (Å²) >= 11 is 0. The summed E-state index contributed by atoms with van der Waals surface area (Å²) in [5, 5.41) is 0.307. The van der Waals surface area contributed by atoms with Crippen molar-refractivity contribution in [2.75, 3.05) is 13.9 Å². The number of ether oxygens (including phenoxy) is 5. The van der Waals surface area contributed by atoms with E-state index < -0.39 is 22.6 Å². The van der Waals surface area contributed by atoms with E-state index in [0.717, 1.165) is 0 Å². The number of rotatable bonds is 10. The van der Waals surface area contributed by atoms with Gasteiger partial charge in [-0.2, -0.15) is 0 Å². The van der Waals surface area contributed by atoms with Gasteiger partial charge in [-0.05, 0) is 52.0 Å². The number of carbonyl (C=O) groups excluding carboxylic acids is 1. The molecular formula is C27H30O8. The smallest absolute Gasteiger partial charge is 0.308 e. The van der Waals surface area contributed by atoms with Crippen molar-refractivity contribution >= 4 is 27.9 Å². The number of benzene rings is 2. The molecule has 35 heavy (non-hydrogen) atoms. The number of carbonyl (C=O) groups is 1. The summed E-state index contributed by atoms with van der Waals surface area (Å²) in [7, 11) is 1.47. The molecule has 1 aromatic heterocycles. The van der Waals surface area contributed by atoms with Crippen LogP contribution in [0.15, 0.2) is 58.8 Å². The molecular weight excluding hydrogens is 452 g/mol. The molecule has 0 unspecified atom stereocenters. The van der Waals surface area contributed by atoms with Crippen LogP contribution in [-0.2, 0) is 9.53 Å². The predicted molar refractivity (Wildman–Crippen MR) is 134 cm³/mol. The molecule has 2 aromatic carbocycles. The summed E-state index contributed by atoms with van der Waals surface area (Å²) in [6.07, 6.45) is 3.28. The molecule has 0 aliphatic carbocycles. The second kappa shape index (κ2) is 9.84. The summed E-state index contributed by atoms with van der Waals surface area (Å²) in [6.45, 7) is 16.1. The van der Waals surface area contributed by atoms with E-state index in [1.165, 1.54) is 26.2 Å². The SMILES string of the molecule is C=CC(C)(C)Oc1ccc2c(=O)c3c(OC(C)=O)cc(OCOC)cc3oc2c1OC(C)(C)C=C. The minimum absolute atomic E-state index is 0.0127. The minimum Gasteiger partial charge on any atom is -0.480 e. The second-order valence-electron chi connectivity index (χ2n) is 8.96. The average Bonchev–Trinajstić information content (AvgIpc) is 2.78. The topological polar surface area (TPSA) is 93.4 Å². The van der Waals surface area contributed by atoms with Crippen LogP contribution in [0, 0.1) is 0 Å². The highest BCUT2D eigenvalue weighted by molar-refractivity contribution is 5.97. The lowest BCUT2D eigenvalue weighted by Gasteiger charge is -2.28. The maximum atomic E-state index is 13.6. The molecule has 3 rings (SSSR count). The molecule has 186 valence electrons. The Morgan fingerprint density at radius 2 is 1.69 bits per heavy atom. The van der Waals surface area contributed by atoms with Gasteiger partial charge in [-0.1, -0.05) is 13.2 Å². The maximum Gasteiger partial charge on any atom is 0.308 e. The number of fused-ring (bicyclic) bond motifs is 2. The highest BCUT2D eigenvalue weighted by atomic mass is 16.7. The van der Waals surface area contributed by atoms with Gasteiger partial charge in [0, 0.05) is 26.2 Å². The predicted octanol–water partition coefficient (Wildman–Crippen LogP) is 5.54. The number of hydrogen-bond donors (Lipinski definition) is 0. The molecule has 8 heteroatoms. The van der Waals surface area contributed by atoms with Crippen molar-refractivity contribution in [2.24, 2.45) is 0 Å². The van der Waals surface area contributed by atoms with Gasteiger partial charge in [0.2, 0.25) is 11.2 Å². The third kappa shape index (κ3) is 5.66. The largest absolute Gasteiger partial charge is 0.480 e. The van der Waals surface area contributed by atoms with Gasteiger partial charge in [-0.3, -0.25) is 9.59 Å². The van der Waals surface area contributed by atoms with E-state index in [1.54, 1.807) is 24.3 Å². The summed E-state index contributed by atoms with van der Waals surface area (Å²) in [6, 6.07) is 6.17. The Kier molecular flexibility index (Phi) is 7.26. The fraction of sp³-hybridized carbons (Fsp3) is 0.333. The fourth-order valence-corrected chi connectivity index (χ4v) is 3.19. The molecule has 0 amide bonds. The van der Waals surface area contributed by atoms with Crippen LogP contribution in [0.3, 0.4) is 0 Å². The van der Waals surface area contributed by atoms with Gasteiger partial charge >= 0.3 is 5.97 Å². The van der Waals surface area contributed by atoms with Crippen molar-refractivity contribution in [3.8, 4) is 23.0 Å². The first-order chi connectivity index (χ1) is 16.4. The molecule has 0 atom stereocenters. The first-order valence-electron chi connectivity index (χ1n) is 10.9. The van der Waals surface area contributed by atoms with E-state index in [2.05, 4.69) is 13.2 Å². The van der Waals surface area contributed by atoms with Crippen LogP contribution in [0.25, 0.3) is 21.9 Å². The molecule has 0 spiro atoms. The molecule has 1 heterocycles. The molecule has 8 nitrogen and oxygen atoms in total. The second-order valence-corrected chi connectivity index (χ2v) is 8.96. The van der Waals surface area contributed by atoms with E-state index in [1.807, 2.05) is 27.7 Å². The Morgan fingerprint density at radius 3 is 2.29 bits per heavy atom. The van der Waals surface area contributed by atoms with Crippen molar-refractivity contribution in [3.63, 3.8) is 0 Å². The van der Waals surface area contributed by atoms with Crippen molar-refractivity contribution in [2.45, 2.75) is 45.8 Å². The number of methoxy groups -OCH3 is 1. The molecule has 0 bridgehead atoms. The van der Waals surface area contributed by atoms with Crippen molar-refractivity contribution in [3.05, 3.63) is 59.8 Å². The standard InChI is InChI=1S/C27H30O8/c1-9-26(4,5)34-19-12-11-18-23(29)22-20(32-16(3)28)13-17(31-15-30-8)14-21(22)33-24(18)25(19)35-27(6,7)10-2/h9-14H,1-2,15H2,3-8H3. The third-order valence-electron chi connectivity index (χ3n) is 5.12. The molecule has 0 saturated carbocycles. The number of hydrogen-bond acceptors (Lipinski definition) is 8. The molecule has 3 aromatic rings. The van der Waals surface area contributed by atoms with Gasteiger partial charge in [-0.25, -0.2) is 0 Å². The third-order valence-corrected chi connectivity index (χ3v) is 5.12. The summed E-state index contributed by atoms with van der Waals surface area (Å²) in [5.74, 6) is 0.276. The summed E-state index contributed by atoms with van der Waals surface area (Å²) in [4.78, 5) is 25.3. The highest BCUT2D eigenvalue weighted by Crippen LogP contribution is 2.41. The van der Waals surface area contributed by atoms with Gasteiger partial charge in [-0.15, -0.1) is 0 Å². The Balaban J connectivity index is 2.40. The van der Waals surface area contributed by atoms with Gasteiger partial charge in [0.05, 0.1) is 5.39 Å². The zero-order valence-electron chi connectivity index (χ0n) is 20.9. The Bertz CT molecular complexity index is 1350. The quantitative estimate of drug-likeness (QED) is 0.122. The van der Waals surface area contributed by atoms with Crippen molar-refractivity contribution < 1.29 is 32.9 Å². The summed E-state index contributed by atoms with van der Waals surface area (Å²) < 4.78 is 34.4. The summed E-state index contributed by atoms with van der Waals surface area (Å²) in [5.41, 5.74) is -1.66. The van der Waals surface area contributed by atoms with Crippen LogP contribution in [0.5, 0.6) is 23.0 Å². The fourth-order valence-electron chi connectivity index (χ4n) is 3.19. The van der Waals surface area contributed by atoms with E-state index >= 15 is 0 Å². The van der Waals surface area contributed by atoms with E-state index in [4.69, 9.17) is 28.1 Å². The lowest BCUT2D eigenvalue weighted by atomic mass is 10.1. The monoisotopic (exact) mass is 482 g/mol. The van der Waals surface area contributed by atoms with Crippen LogP contribution >= 0.6 is 0 Å². The first kappa shape index (κ1) is 25.8. The molecule has 0 saturated heterocycles. The van der Waals surface area contributed by atoms with Crippen LogP contribution in [0.1, 0.15) is 34.6 Å². The lowest BCUT2D eigenvalue weighted by Crippen LogP contribution is -2.28. The average molecular weight is 483 g/mol. The zero-order chi connectivity index (χ0) is 26.0. The molecule has 0 radical (unpaired) electrons. The van der Waals surface area contributed by atoms with Crippen molar-refractivity contribution in [1.82, 2.24) is 0 Å². The normalized spacial score (nSPS) is 11.8. The Labute approximate surface area is 203 Å². The van der Waals surface area contributed by atoms with Crippen LogP contribution in [0.4, 0.5) is 0 Å². The van der Waals surface area contributed by atoms with Crippen molar-refractivity contribution in [1.29, 1.82) is 0 Å². The van der Waals surface area contributed by atoms with E-state index in [9.17, 15) is 9.59 Å². The molecule has 0 aliphatic rings. The first-order valence-corrected chi connectivity index (χ1v) is 10.9. The minimum atomic E-state index is -0.815. The Morgan fingerprint density at radius 1 is 1.03 bits per heavy atom. The van der Waals surface area contributed by atoms with E-state index in [0.29, 0.717) is 5.75 Å². The molecule has 0 N–H and O–H groups in total. The lowest BCUT2D eigenvalue weighted by molar-refractivity contribution is -0.131. The van der Waals surface area contributed by atoms with Crippen LogP contribution < -0.4 is 24.4 Å². The molecule has 0 aliphatic heterocycles. The highest BCUT2D eigenvalue weighted by Gasteiger charge is 2.27. The van der Waals surface area contributed by atoms with Gasteiger partial charge in [0.1, 0.15) is 33.7 Å².